The molecule has 1 aliphatic carbocycles. The van der Waals surface area contributed by atoms with Crippen molar-refractivity contribution in [1.29, 1.82) is 0 Å². The Kier molecular flexibility index (Phi) is 5.89. The fraction of sp³-hybridized carbons (Fsp3) is 0.522. The van der Waals surface area contributed by atoms with Gasteiger partial charge in [-0.25, -0.2) is 0 Å². The number of rotatable bonds is 7. The van der Waals surface area contributed by atoms with Gasteiger partial charge in [-0.3, -0.25) is 14.0 Å². The molecule has 3 heterocycles. The molecule has 0 amide bonds. The molecular weight excluding hydrogens is 394 g/mol. The van der Waals surface area contributed by atoms with Gasteiger partial charge < -0.3 is 9.53 Å². The van der Waals surface area contributed by atoms with E-state index in [-0.39, 0.29) is 18.7 Å². The van der Waals surface area contributed by atoms with E-state index in [9.17, 15) is 9.59 Å². The Morgan fingerprint density at radius 1 is 1.29 bits per heavy atom. The average Bonchev–Trinajstić information content (AvgIpc) is 3.50. The summed E-state index contributed by atoms with van der Waals surface area (Å²) in [6.07, 6.45) is 13.6. The Labute approximate surface area is 181 Å². The lowest BCUT2D eigenvalue weighted by molar-refractivity contribution is -0.156. The van der Waals surface area contributed by atoms with Crippen LogP contribution >= 0.6 is 0 Å². The molecule has 0 saturated heterocycles. The van der Waals surface area contributed by atoms with Crippen molar-refractivity contribution in [3.8, 4) is 11.1 Å². The summed E-state index contributed by atoms with van der Waals surface area (Å²) >= 11 is 0. The number of hydrogen-bond acceptors (Lipinski definition) is 6. The van der Waals surface area contributed by atoms with Crippen LogP contribution in [0.4, 0.5) is 0 Å². The SMILES string of the molecule is CC(C)(C)C(=O)OCn1ccc2c(-c3cnn(C(CC=O)C4CCCC4)c3)cnnc21. The summed E-state index contributed by atoms with van der Waals surface area (Å²) in [6.45, 7) is 5.55. The number of hydrogen-bond donors (Lipinski definition) is 0. The van der Waals surface area contributed by atoms with Crippen molar-refractivity contribution in [2.24, 2.45) is 11.3 Å². The standard InChI is InChI=1S/C23H29N5O3/c1-23(2,3)22(30)31-15-27-10-8-18-19(13-24-26-21(18)27)17-12-25-28(14-17)20(9-11-29)16-6-4-5-7-16/h8,10-14,16,20H,4-7,9,15H2,1-3H3. The molecule has 3 aromatic rings. The van der Waals surface area contributed by atoms with E-state index in [2.05, 4.69) is 15.3 Å². The number of carbonyl (C=O) groups excluding carboxylic acids is 2. The van der Waals surface area contributed by atoms with Crippen LogP contribution < -0.4 is 0 Å². The fourth-order valence-corrected chi connectivity index (χ4v) is 4.29. The maximum absolute atomic E-state index is 12.1. The molecule has 0 radical (unpaired) electrons. The quantitative estimate of drug-likeness (QED) is 0.418. The van der Waals surface area contributed by atoms with E-state index in [1.165, 1.54) is 12.8 Å². The molecule has 8 nitrogen and oxygen atoms in total. The minimum atomic E-state index is -0.564. The van der Waals surface area contributed by atoms with Crippen LogP contribution in [0.5, 0.6) is 0 Å². The summed E-state index contributed by atoms with van der Waals surface area (Å²) < 4.78 is 9.14. The van der Waals surface area contributed by atoms with E-state index in [0.717, 1.165) is 35.6 Å². The van der Waals surface area contributed by atoms with E-state index in [1.54, 1.807) is 10.8 Å². The van der Waals surface area contributed by atoms with Gasteiger partial charge in [0.2, 0.25) is 0 Å². The fourth-order valence-electron chi connectivity index (χ4n) is 4.29. The van der Waals surface area contributed by atoms with Crippen molar-refractivity contribution in [2.45, 2.75) is 65.6 Å². The molecule has 31 heavy (non-hydrogen) atoms. The van der Waals surface area contributed by atoms with Crippen LogP contribution in [-0.4, -0.2) is 36.8 Å². The second kappa shape index (κ2) is 8.61. The Bertz CT molecular complexity index is 1070. The highest BCUT2D eigenvalue weighted by molar-refractivity contribution is 5.92. The lowest BCUT2D eigenvalue weighted by Crippen LogP contribution is -2.23. The van der Waals surface area contributed by atoms with Crippen LogP contribution in [0.1, 0.15) is 58.9 Å². The molecule has 1 fully saturated rings. The van der Waals surface area contributed by atoms with Crippen LogP contribution in [0.25, 0.3) is 22.2 Å². The summed E-state index contributed by atoms with van der Waals surface area (Å²) in [5.41, 5.74) is 1.92. The zero-order chi connectivity index (χ0) is 22.0. The summed E-state index contributed by atoms with van der Waals surface area (Å²) in [6, 6.07) is 2.04. The van der Waals surface area contributed by atoms with Gasteiger partial charge in [0.15, 0.2) is 12.4 Å². The minimum absolute atomic E-state index is 0.0834. The number of carbonyl (C=O) groups is 2. The number of nitrogens with zero attached hydrogens (tertiary/aromatic N) is 5. The maximum Gasteiger partial charge on any atom is 0.312 e. The monoisotopic (exact) mass is 423 g/mol. The lowest BCUT2D eigenvalue weighted by Gasteiger charge is -2.21. The Morgan fingerprint density at radius 2 is 2.06 bits per heavy atom. The molecule has 1 atom stereocenters. The molecule has 1 saturated carbocycles. The zero-order valence-corrected chi connectivity index (χ0v) is 18.3. The molecule has 0 N–H and O–H groups in total. The van der Waals surface area contributed by atoms with Gasteiger partial charge >= 0.3 is 5.97 Å². The van der Waals surface area contributed by atoms with Crippen LogP contribution in [0, 0.1) is 11.3 Å². The first-order valence-electron chi connectivity index (χ1n) is 10.8. The lowest BCUT2D eigenvalue weighted by atomic mass is 9.96. The molecular formula is C23H29N5O3. The number of ether oxygens (including phenoxy) is 1. The van der Waals surface area contributed by atoms with Crippen LogP contribution in [0.15, 0.2) is 30.9 Å². The number of fused-ring (bicyclic) bond motifs is 1. The third kappa shape index (κ3) is 4.38. The summed E-state index contributed by atoms with van der Waals surface area (Å²) in [7, 11) is 0. The van der Waals surface area contributed by atoms with E-state index >= 15 is 0 Å². The second-order valence-corrected chi connectivity index (χ2v) is 9.32. The molecule has 0 spiro atoms. The highest BCUT2D eigenvalue weighted by Gasteiger charge is 2.27. The molecule has 1 unspecified atom stereocenters. The van der Waals surface area contributed by atoms with Gasteiger partial charge in [0, 0.05) is 35.3 Å². The maximum atomic E-state index is 12.1. The van der Waals surface area contributed by atoms with Crippen molar-refractivity contribution in [3.63, 3.8) is 0 Å². The van der Waals surface area contributed by atoms with Gasteiger partial charge in [-0.15, -0.1) is 5.10 Å². The molecule has 4 rings (SSSR count). The predicted octanol–water partition coefficient (Wildman–Crippen LogP) is 4.16. The number of aromatic nitrogens is 5. The van der Waals surface area contributed by atoms with Gasteiger partial charge in [-0.1, -0.05) is 12.8 Å². The number of esters is 1. The van der Waals surface area contributed by atoms with Crippen LogP contribution in [-0.2, 0) is 21.1 Å². The highest BCUT2D eigenvalue weighted by atomic mass is 16.5. The van der Waals surface area contributed by atoms with Gasteiger partial charge in [0.25, 0.3) is 0 Å². The Balaban J connectivity index is 1.60. The topological polar surface area (TPSA) is 91.9 Å². The second-order valence-electron chi connectivity index (χ2n) is 9.32. The first-order valence-corrected chi connectivity index (χ1v) is 10.8. The molecule has 0 aliphatic heterocycles. The molecule has 0 aromatic carbocycles. The predicted molar refractivity (Wildman–Crippen MR) is 116 cm³/mol. The van der Waals surface area contributed by atoms with E-state index in [4.69, 9.17) is 4.74 Å². The van der Waals surface area contributed by atoms with Gasteiger partial charge in [0.1, 0.15) is 6.29 Å². The number of aldehydes is 1. The molecule has 8 heteroatoms. The molecule has 1 aliphatic rings. The first-order chi connectivity index (χ1) is 14.9. The highest BCUT2D eigenvalue weighted by Crippen LogP contribution is 2.36. The average molecular weight is 424 g/mol. The first kappa shape index (κ1) is 21.2. The van der Waals surface area contributed by atoms with Crippen molar-refractivity contribution in [3.05, 3.63) is 30.9 Å². The molecule has 0 bridgehead atoms. The van der Waals surface area contributed by atoms with Gasteiger partial charge in [0.05, 0.1) is 23.9 Å². The van der Waals surface area contributed by atoms with Crippen LogP contribution in [0.3, 0.4) is 0 Å². The Morgan fingerprint density at radius 3 is 2.77 bits per heavy atom. The third-order valence-corrected chi connectivity index (χ3v) is 6.04. The van der Waals surface area contributed by atoms with Crippen molar-refractivity contribution in [1.82, 2.24) is 24.5 Å². The third-order valence-electron chi connectivity index (χ3n) is 6.04. The van der Waals surface area contributed by atoms with E-state index in [0.29, 0.717) is 18.0 Å². The molecule has 164 valence electrons. The van der Waals surface area contributed by atoms with Gasteiger partial charge in [-0.2, -0.15) is 10.2 Å². The van der Waals surface area contributed by atoms with Crippen molar-refractivity contribution in [2.75, 3.05) is 0 Å². The minimum Gasteiger partial charge on any atom is -0.443 e. The van der Waals surface area contributed by atoms with Crippen molar-refractivity contribution >= 4 is 23.3 Å². The van der Waals surface area contributed by atoms with Crippen molar-refractivity contribution < 1.29 is 14.3 Å². The normalized spacial score (nSPS) is 16.0. The zero-order valence-electron chi connectivity index (χ0n) is 18.3. The Hall–Kier alpha value is -3.03. The van der Waals surface area contributed by atoms with E-state index in [1.807, 2.05) is 50.1 Å². The van der Waals surface area contributed by atoms with Gasteiger partial charge in [-0.05, 0) is 45.6 Å². The summed E-state index contributed by atoms with van der Waals surface area (Å²) in [4.78, 5) is 23.4. The van der Waals surface area contributed by atoms with E-state index < -0.39 is 5.41 Å². The molecule has 3 aromatic heterocycles. The van der Waals surface area contributed by atoms with Crippen LogP contribution in [0.2, 0.25) is 0 Å². The summed E-state index contributed by atoms with van der Waals surface area (Å²) in [5.74, 6) is 0.222. The smallest absolute Gasteiger partial charge is 0.312 e. The largest absolute Gasteiger partial charge is 0.443 e. The summed E-state index contributed by atoms with van der Waals surface area (Å²) in [5, 5.41) is 13.9.